The number of ether oxygens (including phenoxy) is 2. The SMILES string of the molecule is CCCCC/C=C\C/C=C\CCCCCCCC(=O)NC(COC1OC(CO)C(O)C(O)C1O)C(O)/C=C/CC/C=C/CC/C=C/CCCCCCCCCCCCCCCCCCCC. The van der Waals surface area contributed by atoms with Gasteiger partial charge in [-0.25, -0.2) is 0 Å². The van der Waals surface area contributed by atoms with Gasteiger partial charge in [-0.15, -0.1) is 0 Å². The number of hydrogen-bond acceptors (Lipinski definition) is 8. The molecular weight excluding hydrogens is 827 g/mol. The van der Waals surface area contributed by atoms with Crippen molar-refractivity contribution in [1.29, 1.82) is 0 Å². The van der Waals surface area contributed by atoms with E-state index in [1.165, 1.54) is 148 Å². The van der Waals surface area contributed by atoms with E-state index in [9.17, 15) is 30.3 Å². The molecule has 1 heterocycles. The first-order valence-corrected chi connectivity index (χ1v) is 27.5. The summed E-state index contributed by atoms with van der Waals surface area (Å²) in [7, 11) is 0. The Kier molecular flexibility index (Phi) is 43.7. The van der Waals surface area contributed by atoms with Crippen LogP contribution in [-0.4, -0.2) is 87.5 Å². The fourth-order valence-electron chi connectivity index (χ4n) is 8.40. The molecule has 1 fully saturated rings. The average molecular weight is 930 g/mol. The van der Waals surface area contributed by atoms with Crippen LogP contribution in [0.4, 0.5) is 0 Å². The molecule has 0 radical (unpaired) electrons. The lowest BCUT2D eigenvalue weighted by Gasteiger charge is -2.40. The summed E-state index contributed by atoms with van der Waals surface area (Å²) < 4.78 is 11.2. The monoisotopic (exact) mass is 930 g/mol. The lowest BCUT2D eigenvalue weighted by atomic mass is 9.99. The number of aliphatic hydroxyl groups is 5. The molecule has 66 heavy (non-hydrogen) atoms. The van der Waals surface area contributed by atoms with Crippen LogP contribution in [0, 0.1) is 0 Å². The summed E-state index contributed by atoms with van der Waals surface area (Å²) in [6.07, 6.45) is 55.8. The average Bonchev–Trinajstić information content (AvgIpc) is 3.32. The van der Waals surface area contributed by atoms with Gasteiger partial charge in [0.05, 0.1) is 25.4 Å². The molecule has 1 amide bonds. The van der Waals surface area contributed by atoms with Crippen LogP contribution in [-0.2, 0) is 14.3 Å². The maximum absolute atomic E-state index is 13.0. The van der Waals surface area contributed by atoms with Crippen LogP contribution in [0.15, 0.2) is 60.8 Å². The van der Waals surface area contributed by atoms with Gasteiger partial charge >= 0.3 is 0 Å². The molecule has 384 valence electrons. The number of allylic oxidation sites excluding steroid dienone is 9. The number of hydrogen-bond donors (Lipinski definition) is 6. The molecule has 9 nitrogen and oxygen atoms in total. The van der Waals surface area contributed by atoms with E-state index in [0.717, 1.165) is 70.6 Å². The Bertz CT molecular complexity index is 1220. The molecule has 0 bridgehead atoms. The van der Waals surface area contributed by atoms with Gasteiger partial charge in [0.25, 0.3) is 0 Å². The first-order valence-electron chi connectivity index (χ1n) is 27.5. The van der Waals surface area contributed by atoms with Gasteiger partial charge in [0.2, 0.25) is 5.91 Å². The first kappa shape index (κ1) is 61.9. The van der Waals surface area contributed by atoms with Crippen molar-refractivity contribution in [3.63, 3.8) is 0 Å². The second-order valence-corrected chi connectivity index (χ2v) is 19.0. The summed E-state index contributed by atoms with van der Waals surface area (Å²) in [5.74, 6) is -0.206. The Balaban J connectivity index is 2.27. The highest BCUT2D eigenvalue weighted by molar-refractivity contribution is 5.76. The van der Waals surface area contributed by atoms with Gasteiger partial charge in [-0.3, -0.25) is 4.79 Å². The molecule has 1 aliphatic rings. The normalized spacial score (nSPS) is 20.3. The maximum atomic E-state index is 13.0. The maximum Gasteiger partial charge on any atom is 0.220 e. The minimum atomic E-state index is -1.58. The van der Waals surface area contributed by atoms with E-state index in [-0.39, 0.29) is 12.5 Å². The highest BCUT2D eigenvalue weighted by Crippen LogP contribution is 2.23. The van der Waals surface area contributed by atoms with Gasteiger partial charge in [0.1, 0.15) is 24.4 Å². The highest BCUT2D eigenvalue weighted by atomic mass is 16.7. The van der Waals surface area contributed by atoms with Crippen molar-refractivity contribution in [2.24, 2.45) is 0 Å². The summed E-state index contributed by atoms with van der Waals surface area (Å²) in [5, 5.41) is 54.3. The number of amides is 1. The van der Waals surface area contributed by atoms with Crippen LogP contribution < -0.4 is 5.32 Å². The fourth-order valence-corrected chi connectivity index (χ4v) is 8.40. The quantitative estimate of drug-likeness (QED) is 0.0261. The summed E-state index contributed by atoms with van der Waals surface area (Å²) in [4.78, 5) is 13.0. The molecule has 0 aromatic heterocycles. The smallest absolute Gasteiger partial charge is 0.220 e. The van der Waals surface area contributed by atoms with Crippen LogP contribution in [0.3, 0.4) is 0 Å². The zero-order chi connectivity index (χ0) is 48.0. The Labute approximate surface area is 405 Å². The van der Waals surface area contributed by atoms with Gasteiger partial charge < -0.3 is 40.3 Å². The number of carbonyl (C=O) groups excluding carboxylic acids is 1. The van der Waals surface area contributed by atoms with Crippen LogP contribution >= 0.6 is 0 Å². The molecule has 9 heteroatoms. The minimum Gasteiger partial charge on any atom is -0.394 e. The molecule has 0 saturated carbocycles. The van der Waals surface area contributed by atoms with Crippen molar-refractivity contribution in [3.8, 4) is 0 Å². The molecule has 0 aliphatic carbocycles. The van der Waals surface area contributed by atoms with E-state index in [1.807, 2.05) is 6.08 Å². The van der Waals surface area contributed by atoms with Gasteiger partial charge in [0.15, 0.2) is 6.29 Å². The fraction of sp³-hybridized carbons (Fsp3) is 0.807. The third-order valence-corrected chi connectivity index (χ3v) is 12.8. The molecular formula is C57H103NO8. The van der Waals surface area contributed by atoms with Crippen molar-refractivity contribution < 1.29 is 39.8 Å². The third kappa shape index (κ3) is 36.0. The number of nitrogens with one attached hydrogen (secondary N) is 1. The predicted octanol–water partition coefficient (Wildman–Crippen LogP) is 13.1. The molecule has 0 aromatic carbocycles. The molecule has 1 rings (SSSR count). The molecule has 0 spiro atoms. The molecule has 1 saturated heterocycles. The Hall–Kier alpha value is -2.11. The van der Waals surface area contributed by atoms with E-state index in [2.05, 4.69) is 67.8 Å². The van der Waals surface area contributed by atoms with E-state index < -0.39 is 49.5 Å². The van der Waals surface area contributed by atoms with Crippen molar-refractivity contribution in [2.75, 3.05) is 13.2 Å². The summed E-state index contributed by atoms with van der Waals surface area (Å²) in [6, 6.07) is -0.838. The predicted molar refractivity (Wildman–Crippen MR) is 276 cm³/mol. The third-order valence-electron chi connectivity index (χ3n) is 12.8. The topological polar surface area (TPSA) is 149 Å². The van der Waals surface area contributed by atoms with E-state index in [1.54, 1.807) is 6.08 Å². The summed E-state index contributed by atoms with van der Waals surface area (Å²) >= 11 is 0. The number of unbranched alkanes of at least 4 members (excludes halogenated alkanes) is 28. The Morgan fingerprint density at radius 3 is 1.39 bits per heavy atom. The summed E-state index contributed by atoms with van der Waals surface area (Å²) in [5.41, 5.74) is 0. The van der Waals surface area contributed by atoms with Crippen LogP contribution in [0.25, 0.3) is 0 Å². The van der Waals surface area contributed by atoms with Gasteiger partial charge in [-0.05, 0) is 77.0 Å². The zero-order valence-corrected chi connectivity index (χ0v) is 42.4. The molecule has 7 atom stereocenters. The molecule has 1 aliphatic heterocycles. The van der Waals surface area contributed by atoms with E-state index in [4.69, 9.17) is 9.47 Å². The number of rotatable bonds is 46. The van der Waals surface area contributed by atoms with Gasteiger partial charge in [-0.2, -0.15) is 0 Å². The van der Waals surface area contributed by atoms with E-state index >= 15 is 0 Å². The zero-order valence-electron chi connectivity index (χ0n) is 42.4. The first-order chi connectivity index (χ1) is 32.3. The largest absolute Gasteiger partial charge is 0.394 e. The van der Waals surface area contributed by atoms with Crippen molar-refractivity contribution in [1.82, 2.24) is 5.32 Å². The lowest BCUT2D eigenvalue weighted by molar-refractivity contribution is -0.302. The van der Waals surface area contributed by atoms with Crippen LogP contribution in [0.1, 0.15) is 239 Å². The minimum absolute atomic E-state index is 0.206. The standard InChI is InChI=1S/C57H103NO8/c1-3-5-7-9-11-13-15-17-19-20-21-22-23-24-25-26-27-28-29-30-31-33-34-36-38-40-42-44-46-51(60)50(49-65-57-56(64)55(63)54(62)52(48-59)66-57)58-53(61)47-45-43-41-39-37-35-32-18-16-14-12-10-8-6-4-2/h12,14,18,30-32,36,38,44,46,50-52,54-57,59-60,62-64H,3-11,13,15-17,19-29,33-35,37,39-43,45,47-49H2,1-2H3,(H,58,61)/b14-12-,31-30+,32-18-,38-36+,46-44+. The van der Waals surface area contributed by atoms with Crippen molar-refractivity contribution in [3.05, 3.63) is 60.8 Å². The molecule has 6 N–H and O–H groups in total. The van der Waals surface area contributed by atoms with E-state index in [0.29, 0.717) is 6.42 Å². The number of carbonyl (C=O) groups is 1. The lowest BCUT2D eigenvalue weighted by Crippen LogP contribution is -2.60. The highest BCUT2D eigenvalue weighted by Gasteiger charge is 2.44. The van der Waals surface area contributed by atoms with Crippen LogP contribution in [0.5, 0.6) is 0 Å². The summed E-state index contributed by atoms with van der Waals surface area (Å²) in [6.45, 7) is 3.73. The molecule has 7 unspecified atom stereocenters. The van der Waals surface area contributed by atoms with Crippen LogP contribution in [0.2, 0.25) is 0 Å². The van der Waals surface area contributed by atoms with Crippen molar-refractivity contribution in [2.45, 2.75) is 281 Å². The number of aliphatic hydroxyl groups excluding tert-OH is 5. The van der Waals surface area contributed by atoms with Gasteiger partial charge in [-0.1, -0.05) is 216 Å². The molecule has 0 aromatic rings. The second kappa shape index (κ2) is 46.6. The second-order valence-electron chi connectivity index (χ2n) is 19.0. The van der Waals surface area contributed by atoms with Crippen molar-refractivity contribution >= 4 is 5.91 Å². The Morgan fingerprint density at radius 1 is 0.515 bits per heavy atom. The van der Waals surface area contributed by atoms with Gasteiger partial charge in [0, 0.05) is 6.42 Å². The Morgan fingerprint density at radius 2 is 0.909 bits per heavy atom.